The van der Waals surface area contributed by atoms with Crippen molar-refractivity contribution in [1.82, 2.24) is 0 Å². The zero-order chi connectivity index (χ0) is 6.32. The number of hydrogen-bond acceptors (Lipinski definition) is 1. The summed E-state index contributed by atoms with van der Waals surface area (Å²) in [5.74, 6) is 0. The Balaban J connectivity index is 1.97. The molecule has 1 heterocycles. The van der Waals surface area contributed by atoms with Crippen LogP contribution in [0.4, 0.5) is 0 Å². The molecule has 1 aliphatic heterocycles. The number of halogens is 1. The molecule has 1 unspecified atom stereocenters. The Labute approximate surface area is 63.9 Å². The summed E-state index contributed by atoms with van der Waals surface area (Å²) in [5.41, 5.74) is 0.679. The van der Waals surface area contributed by atoms with Crippen molar-refractivity contribution in [2.24, 2.45) is 5.41 Å². The highest BCUT2D eigenvalue weighted by atomic mass is 79.9. The summed E-state index contributed by atoms with van der Waals surface area (Å²) in [6, 6.07) is 0. The van der Waals surface area contributed by atoms with Gasteiger partial charge < -0.3 is 4.74 Å². The third-order valence-corrected chi connectivity index (χ3v) is 3.87. The first-order valence-corrected chi connectivity index (χ1v) is 4.47. The maximum Gasteiger partial charge on any atom is 0.0471 e. The summed E-state index contributed by atoms with van der Waals surface area (Å²) in [7, 11) is 0. The van der Waals surface area contributed by atoms with Crippen LogP contribution >= 0.6 is 15.9 Å². The van der Waals surface area contributed by atoms with E-state index in [0.29, 0.717) is 5.41 Å². The average Bonchev–Trinajstić information content (AvgIpc) is 2.44. The monoisotopic (exact) mass is 190 g/mol. The SMILES string of the molecule is BrC1CC12CCOCC2. The second-order valence-corrected chi connectivity index (χ2v) is 4.25. The topological polar surface area (TPSA) is 9.23 Å². The molecule has 0 bridgehead atoms. The van der Waals surface area contributed by atoms with E-state index in [1.165, 1.54) is 19.3 Å². The summed E-state index contributed by atoms with van der Waals surface area (Å²) < 4.78 is 5.27. The Morgan fingerprint density at radius 2 is 1.89 bits per heavy atom. The molecule has 1 nitrogen and oxygen atoms in total. The van der Waals surface area contributed by atoms with Gasteiger partial charge in [0.1, 0.15) is 0 Å². The molecule has 1 spiro atoms. The van der Waals surface area contributed by atoms with E-state index < -0.39 is 0 Å². The van der Waals surface area contributed by atoms with Gasteiger partial charge in [-0.15, -0.1) is 0 Å². The number of ether oxygens (including phenoxy) is 1. The minimum atomic E-state index is 0.679. The molecule has 0 aromatic rings. The Morgan fingerprint density at radius 3 is 2.22 bits per heavy atom. The normalized spacial score (nSPS) is 39.0. The second-order valence-electron chi connectivity index (χ2n) is 3.15. The molecule has 1 saturated heterocycles. The summed E-state index contributed by atoms with van der Waals surface area (Å²) in [4.78, 5) is 0.814. The summed E-state index contributed by atoms with van der Waals surface area (Å²) in [5, 5.41) is 0. The van der Waals surface area contributed by atoms with Gasteiger partial charge in [0.25, 0.3) is 0 Å². The van der Waals surface area contributed by atoms with Gasteiger partial charge in [0.05, 0.1) is 0 Å². The van der Waals surface area contributed by atoms with Crippen LogP contribution in [0.3, 0.4) is 0 Å². The van der Waals surface area contributed by atoms with Gasteiger partial charge in [0, 0.05) is 18.0 Å². The van der Waals surface area contributed by atoms with E-state index in [2.05, 4.69) is 15.9 Å². The molecule has 0 aromatic carbocycles. The van der Waals surface area contributed by atoms with E-state index in [9.17, 15) is 0 Å². The zero-order valence-corrected chi connectivity index (χ0v) is 6.99. The fraction of sp³-hybridized carbons (Fsp3) is 1.00. The fourth-order valence-electron chi connectivity index (χ4n) is 1.59. The molecule has 0 radical (unpaired) electrons. The maximum absolute atomic E-state index is 5.27. The first-order valence-electron chi connectivity index (χ1n) is 3.55. The highest BCUT2D eigenvalue weighted by Crippen LogP contribution is 2.57. The van der Waals surface area contributed by atoms with E-state index in [1.807, 2.05) is 0 Å². The van der Waals surface area contributed by atoms with Crippen LogP contribution in [0, 0.1) is 5.41 Å². The van der Waals surface area contributed by atoms with Crippen molar-refractivity contribution in [2.75, 3.05) is 13.2 Å². The second kappa shape index (κ2) is 1.96. The van der Waals surface area contributed by atoms with Crippen molar-refractivity contribution in [3.63, 3.8) is 0 Å². The van der Waals surface area contributed by atoms with Crippen LogP contribution in [0.5, 0.6) is 0 Å². The van der Waals surface area contributed by atoms with Gasteiger partial charge in [-0.2, -0.15) is 0 Å². The van der Waals surface area contributed by atoms with Gasteiger partial charge in [0.15, 0.2) is 0 Å². The molecule has 2 rings (SSSR count). The molecule has 0 N–H and O–H groups in total. The Bertz CT molecular complexity index is 118. The molecule has 0 amide bonds. The third-order valence-electron chi connectivity index (χ3n) is 2.58. The van der Waals surface area contributed by atoms with Crippen LogP contribution < -0.4 is 0 Å². The van der Waals surface area contributed by atoms with Crippen molar-refractivity contribution in [3.8, 4) is 0 Å². The third kappa shape index (κ3) is 0.926. The smallest absolute Gasteiger partial charge is 0.0471 e. The fourth-order valence-corrected chi connectivity index (χ4v) is 2.70. The Morgan fingerprint density at radius 1 is 1.33 bits per heavy atom. The van der Waals surface area contributed by atoms with Crippen LogP contribution in [-0.2, 0) is 4.74 Å². The van der Waals surface area contributed by atoms with Crippen molar-refractivity contribution >= 4 is 15.9 Å². The summed E-state index contributed by atoms with van der Waals surface area (Å²) in [6.07, 6.45) is 3.95. The summed E-state index contributed by atoms with van der Waals surface area (Å²) in [6.45, 7) is 1.98. The van der Waals surface area contributed by atoms with Crippen molar-refractivity contribution in [2.45, 2.75) is 24.1 Å². The lowest BCUT2D eigenvalue weighted by atomic mass is 9.97. The van der Waals surface area contributed by atoms with E-state index in [0.717, 1.165) is 18.0 Å². The molecule has 9 heavy (non-hydrogen) atoms. The van der Waals surface area contributed by atoms with E-state index in [4.69, 9.17) is 4.74 Å². The largest absolute Gasteiger partial charge is 0.381 e. The first-order chi connectivity index (χ1) is 4.33. The molecular formula is C7H11BrO. The minimum absolute atomic E-state index is 0.679. The van der Waals surface area contributed by atoms with E-state index in [-0.39, 0.29) is 0 Å². The molecule has 0 aromatic heterocycles. The highest BCUT2D eigenvalue weighted by Gasteiger charge is 2.52. The molecule has 52 valence electrons. The molecular weight excluding hydrogens is 180 g/mol. The van der Waals surface area contributed by atoms with E-state index in [1.54, 1.807) is 0 Å². The van der Waals surface area contributed by atoms with Crippen LogP contribution in [0.25, 0.3) is 0 Å². The van der Waals surface area contributed by atoms with E-state index >= 15 is 0 Å². The van der Waals surface area contributed by atoms with Crippen LogP contribution in [-0.4, -0.2) is 18.0 Å². The number of rotatable bonds is 0. The molecule has 1 atom stereocenters. The maximum atomic E-state index is 5.27. The van der Waals surface area contributed by atoms with Crippen molar-refractivity contribution in [1.29, 1.82) is 0 Å². The van der Waals surface area contributed by atoms with Crippen molar-refractivity contribution in [3.05, 3.63) is 0 Å². The van der Waals surface area contributed by atoms with Gasteiger partial charge in [-0.3, -0.25) is 0 Å². The van der Waals surface area contributed by atoms with Crippen LogP contribution in [0.2, 0.25) is 0 Å². The molecule has 2 fully saturated rings. The standard InChI is InChI=1S/C7H11BrO/c8-6-5-7(6)1-3-9-4-2-7/h6H,1-5H2. The first kappa shape index (κ1) is 6.17. The minimum Gasteiger partial charge on any atom is -0.381 e. The Hall–Kier alpha value is 0.440. The van der Waals surface area contributed by atoms with Gasteiger partial charge >= 0.3 is 0 Å². The summed E-state index contributed by atoms with van der Waals surface area (Å²) >= 11 is 3.65. The van der Waals surface area contributed by atoms with Gasteiger partial charge in [0.2, 0.25) is 0 Å². The predicted octanol–water partition coefficient (Wildman–Crippen LogP) is 1.95. The molecule has 2 heteroatoms. The van der Waals surface area contributed by atoms with Crippen molar-refractivity contribution < 1.29 is 4.74 Å². The van der Waals surface area contributed by atoms with Crippen LogP contribution in [0.1, 0.15) is 19.3 Å². The lowest BCUT2D eigenvalue weighted by Crippen LogP contribution is -2.18. The predicted molar refractivity (Wildman–Crippen MR) is 39.8 cm³/mol. The lowest BCUT2D eigenvalue weighted by Gasteiger charge is -2.21. The quantitative estimate of drug-likeness (QED) is 0.531. The molecule has 1 aliphatic carbocycles. The number of hydrogen-bond donors (Lipinski definition) is 0. The molecule has 2 aliphatic rings. The van der Waals surface area contributed by atoms with Gasteiger partial charge in [-0.1, -0.05) is 15.9 Å². The zero-order valence-electron chi connectivity index (χ0n) is 5.40. The number of alkyl halides is 1. The molecule has 1 saturated carbocycles. The van der Waals surface area contributed by atoms with Gasteiger partial charge in [-0.25, -0.2) is 0 Å². The average molecular weight is 191 g/mol. The highest BCUT2D eigenvalue weighted by molar-refractivity contribution is 9.09. The van der Waals surface area contributed by atoms with Crippen LogP contribution in [0.15, 0.2) is 0 Å². The van der Waals surface area contributed by atoms with Gasteiger partial charge in [-0.05, 0) is 24.7 Å². The lowest BCUT2D eigenvalue weighted by molar-refractivity contribution is 0.0587. The Kier molecular flexibility index (Phi) is 1.34.